The highest BCUT2D eigenvalue weighted by Gasteiger charge is 2.11. The summed E-state index contributed by atoms with van der Waals surface area (Å²) < 4.78 is 0. The maximum absolute atomic E-state index is 6.22. The van der Waals surface area contributed by atoms with Crippen molar-refractivity contribution in [2.75, 3.05) is 0 Å². The Bertz CT molecular complexity index is 1970. The number of hydrogen-bond acceptors (Lipinski definition) is 0. The minimum atomic E-state index is 0.494. The fraction of sp³-hybridized carbons (Fsp3) is 0.0233. The molecule has 0 aliphatic heterocycles. The summed E-state index contributed by atoms with van der Waals surface area (Å²) >= 11 is 6.22. The number of rotatable bonds is 7. The van der Waals surface area contributed by atoms with Crippen LogP contribution < -0.4 is 0 Å². The summed E-state index contributed by atoms with van der Waals surface area (Å²) in [6, 6.07) is 63.1. The zero-order valence-corrected chi connectivity index (χ0v) is 25.1. The Morgan fingerprint density at radius 1 is 0.250 bits per heavy atom. The highest BCUT2D eigenvalue weighted by Crippen LogP contribution is 2.37. The van der Waals surface area contributed by atoms with Crippen molar-refractivity contribution in [1.82, 2.24) is 0 Å². The molecule has 0 saturated heterocycles. The lowest BCUT2D eigenvalue weighted by Gasteiger charge is -2.14. The van der Waals surface area contributed by atoms with Gasteiger partial charge in [-0.1, -0.05) is 127 Å². The van der Waals surface area contributed by atoms with Gasteiger partial charge in [0.1, 0.15) is 0 Å². The SMILES string of the molecule is ClCc1cccc(-c2cc(-c3ccccc3)cc(-c3cccc(-c4cc(-c5ccccc5)cc(-c5ccccc5)c4)c3)c2)c1. The monoisotopic (exact) mass is 582 g/mol. The van der Waals surface area contributed by atoms with Gasteiger partial charge in [0, 0.05) is 5.88 Å². The second-order valence-electron chi connectivity index (χ2n) is 11.1. The Balaban J connectivity index is 1.37. The van der Waals surface area contributed by atoms with Gasteiger partial charge in [-0.05, 0) is 121 Å². The van der Waals surface area contributed by atoms with E-state index in [2.05, 4.69) is 176 Å². The first-order chi connectivity index (χ1) is 21.7. The summed E-state index contributed by atoms with van der Waals surface area (Å²) in [5.41, 5.74) is 15.4. The zero-order chi connectivity index (χ0) is 29.7. The van der Waals surface area contributed by atoms with Crippen molar-refractivity contribution < 1.29 is 0 Å². The molecule has 0 amide bonds. The van der Waals surface area contributed by atoms with E-state index in [-0.39, 0.29) is 0 Å². The third-order valence-electron chi connectivity index (χ3n) is 8.13. The van der Waals surface area contributed by atoms with Crippen molar-refractivity contribution in [3.63, 3.8) is 0 Å². The summed E-state index contributed by atoms with van der Waals surface area (Å²) in [5.74, 6) is 0.494. The van der Waals surface area contributed by atoms with Crippen molar-refractivity contribution in [3.05, 3.63) is 181 Å². The maximum atomic E-state index is 6.22. The largest absolute Gasteiger partial charge is 0.122 e. The molecule has 7 aromatic rings. The van der Waals surface area contributed by atoms with Crippen LogP contribution in [0.4, 0.5) is 0 Å². The lowest BCUT2D eigenvalue weighted by molar-refractivity contribution is 1.40. The zero-order valence-electron chi connectivity index (χ0n) is 24.3. The van der Waals surface area contributed by atoms with Gasteiger partial charge in [0.15, 0.2) is 0 Å². The molecule has 0 saturated carbocycles. The molecule has 0 heterocycles. The van der Waals surface area contributed by atoms with Crippen LogP contribution in [0.3, 0.4) is 0 Å². The Kier molecular flexibility index (Phi) is 7.91. The van der Waals surface area contributed by atoms with Gasteiger partial charge in [0.05, 0.1) is 0 Å². The van der Waals surface area contributed by atoms with E-state index in [0.29, 0.717) is 5.88 Å². The van der Waals surface area contributed by atoms with Crippen molar-refractivity contribution in [1.29, 1.82) is 0 Å². The highest BCUT2D eigenvalue weighted by atomic mass is 35.5. The second kappa shape index (κ2) is 12.6. The van der Waals surface area contributed by atoms with Gasteiger partial charge >= 0.3 is 0 Å². The molecule has 0 aliphatic rings. The van der Waals surface area contributed by atoms with E-state index in [9.17, 15) is 0 Å². The minimum absolute atomic E-state index is 0.494. The summed E-state index contributed by atoms with van der Waals surface area (Å²) in [6.07, 6.45) is 0. The van der Waals surface area contributed by atoms with Crippen LogP contribution in [-0.2, 0) is 5.88 Å². The summed E-state index contributed by atoms with van der Waals surface area (Å²) in [4.78, 5) is 0. The first-order valence-electron chi connectivity index (χ1n) is 15.0. The predicted octanol–water partition coefficient (Wildman–Crippen LogP) is 12.4. The molecule has 0 atom stereocenters. The van der Waals surface area contributed by atoms with E-state index >= 15 is 0 Å². The molecule has 210 valence electrons. The highest BCUT2D eigenvalue weighted by molar-refractivity contribution is 6.17. The molecular formula is C43H31Cl. The van der Waals surface area contributed by atoms with E-state index in [1.54, 1.807) is 0 Å². The Hall–Kier alpha value is -5.17. The van der Waals surface area contributed by atoms with E-state index < -0.39 is 0 Å². The molecule has 0 bridgehead atoms. The van der Waals surface area contributed by atoms with Crippen molar-refractivity contribution in [2.24, 2.45) is 0 Å². The number of halogens is 1. The third kappa shape index (κ3) is 5.99. The van der Waals surface area contributed by atoms with Gasteiger partial charge in [-0.2, -0.15) is 0 Å². The second-order valence-corrected chi connectivity index (χ2v) is 11.4. The predicted molar refractivity (Wildman–Crippen MR) is 189 cm³/mol. The molecule has 0 radical (unpaired) electrons. The van der Waals surface area contributed by atoms with Gasteiger partial charge in [-0.3, -0.25) is 0 Å². The van der Waals surface area contributed by atoms with Gasteiger partial charge in [-0.15, -0.1) is 11.6 Å². The van der Waals surface area contributed by atoms with Gasteiger partial charge in [0.2, 0.25) is 0 Å². The summed E-state index contributed by atoms with van der Waals surface area (Å²) in [7, 11) is 0. The van der Waals surface area contributed by atoms with Crippen molar-refractivity contribution in [3.8, 4) is 66.8 Å². The van der Waals surface area contributed by atoms with E-state index in [1.165, 1.54) is 66.8 Å². The van der Waals surface area contributed by atoms with Crippen LogP contribution in [0.2, 0.25) is 0 Å². The standard InChI is InChI=1S/C43H31Cl/c44-30-31-12-10-19-35(22-31)41-25-40(34-17-8-3-9-18-34)28-43(29-41)37-21-11-20-36(23-37)42-26-38(32-13-4-1-5-14-32)24-39(27-42)33-15-6-2-7-16-33/h1-29H,30H2. The van der Waals surface area contributed by atoms with Crippen molar-refractivity contribution in [2.45, 2.75) is 5.88 Å². The number of benzene rings is 7. The average Bonchev–Trinajstić information content (AvgIpc) is 3.12. The first kappa shape index (κ1) is 27.7. The van der Waals surface area contributed by atoms with Crippen LogP contribution >= 0.6 is 11.6 Å². The molecular weight excluding hydrogens is 552 g/mol. The Morgan fingerprint density at radius 2 is 0.523 bits per heavy atom. The topological polar surface area (TPSA) is 0 Å². The van der Waals surface area contributed by atoms with Gasteiger partial charge in [-0.25, -0.2) is 0 Å². The summed E-state index contributed by atoms with van der Waals surface area (Å²) in [5, 5.41) is 0. The van der Waals surface area contributed by atoms with Gasteiger partial charge in [0.25, 0.3) is 0 Å². The first-order valence-corrected chi connectivity index (χ1v) is 15.5. The van der Waals surface area contributed by atoms with Gasteiger partial charge < -0.3 is 0 Å². The fourth-order valence-corrected chi connectivity index (χ4v) is 6.03. The molecule has 0 spiro atoms. The third-order valence-corrected chi connectivity index (χ3v) is 8.44. The molecule has 44 heavy (non-hydrogen) atoms. The quantitative estimate of drug-likeness (QED) is 0.164. The van der Waals surface area contributed by atoms with Crippen LogP contribution in [0, 0.1) is 0 Å². The lowest BCUT2D eigenvalue weighted by Crippen LogP contribution is -1.89. The lowest BCUT2D eigenvalue weighted by atomic mass is 9.90. The molecule has 0 N–H and O–H groups in total. The fourth-order valence-electron chi connectivity index (χ4n) is 5.86. The molecule has 1 heteroatoms. The average molecular weight is 583 g/mol. The number of alkyl halides is 1. The normalized spacial score (nSPS) is 10.9. The molecule has 0 nitrogen and oxygen atoms in total. The van der Waals surface area contributed by atoms with Crippen LogP contribution in [0.1, 0.15) is 5.56 Å². The Morgan fingerprint density at radius 3 is 0.886 bits per heavy atom. The van der Waals surface area contributed by atoms with Crippen LogP contribution in [-0.4, -0.2) is 0 Å². The summed E-state index contributed by atoms with van der Waals surface area (Å²) in [6.45, 7) is 0. The molecule has 7 aromatic carbocycles. The molecule has 0 aliphatic carbocycles. The minimum Gasteiger partial charge on any atom is -0.122 e. The van der Waals surface area contributed by atoms with E-state index in [1.807, 2.05) is 0 Å². The molecule has 7 rings (SSSR count). The van der Waals surface area contributed by atoms with Crippen LogP contribution in [0.5, 0.6) is 0 Å². The maximum Gasteiger partial charge on any atom is 0.0474 e. The number of hydrogen-bond donors (Lipinski definition) is 0. The molecule has 0 unspecified atom stereocenters. The molecule has 0 fully saturated rings. The molecule has 0 aromatic heterocycles. The van der Waals surface area contributed by atoms with Crippen LogP contribution in [0.25, 0.3) is 66.8 Å². The smallest absolute Gasteiger partial charge is 0.0474 e. The Labute approximate surface area is 264 Å². The van der Waals surface area contributed by atoms with Crippen LogP contribution in [0.15, 0.2) is 176 Å². The van der Waals surface area contributed by atoms with Crippen molar-refractivity contribution >= 4 is 11.6 Å². The van der Waals surface area contributed by atoms with E-state index in [4.69, 9.17) is 11.6 Å². The van der Waals surface area contributed by atoms with E-state index in [0.717, 1.165) is 5.56 Å².